The molecule has 150 valence electrons. The first-order valence-corrected chi connectivity index (χ1v) is 10.7. The highest BCUT2D eigenvalue weighted by Gasteiger charge is 2.45. The molecule has 1 saturated heterocycles. The van der Waals surface area contributed by atoms with E-state index in [0.717, 1.165) is 32.2 Å². The van der Waals surface area contributed by atoms with Gasteiger partial charge in [0, 0.05) is 6.04 Å². The van der Waals surface area contributed by atoms with Gasteiger partial charge in [0.15, 0.2) is 5.90 Å². The predicted molar refractivity (Wildman–Crippen MR) is 108 cm³/mol. The molecule has 3 N–H and O–H groups in total. The first-order chi connectivity index (χ1) is 12.1. The van der Waals surface area contributed by atoms with Gasteiger partial charge in [-0.25, -0.2) is 0 Å². The zero-order valence-electron chi connectivity index (χ0n) is 17.5. The second-order valence-corrected chi connectivity index (χ2v) is 7.25. The van der Waals surface area contributed by atoms with Gasteiger partial charge in [-0.2, -0.15) is 0 Å². The Labute approximate surface area is 156 Å². The van der Waals surface area contributed by atoms with E-state index in [1.165, 1.54) is 38.5 Å². The van der Waals surface area contributed by atoms with E-state index in [4.69, 9.17) is 15.3 Å². The van der Waals surface area contributed by atoms with Gasteiger partial charge < -0.3 is 15.2 Å². The van der Waals surface area contributed by atoms with Crippen LogP contribution in [0.25, 0.3) is 0 Å². The highest BCUT2D eigenvalue weighted by Crippen LogP contribution is 2.38. The average Bonchev–Trinajstić information content (AvgIpc) is 3.08. The van der Waals surface area contributed by atoms with Crippen LogP contribution < -0.4 is 5.32 Å². The van der Waals surface area contributed by atoms with E-state index in [2.05, 4.69) is 33.0 Å². The highest BCUT2D eigenvalue weighted by molar-refractivity contribution is 5.81. The smallest absolute Gasteiger partial charge is 0.188 e. The van der Waals surface area contributed by atoms with E-state index < -0.39 is 0 Å². The Morgan fingerprint density at radius 3 is 2.12 bits per heavy atom. The molecule has 0 saturated carbocycles. The van der Waals surface area contributed by atoms with Crippen LogP contribution in [0.5, 0.6) is 0 Å². The summed E-state index contributed by atoms with van der Waals surface area (Å²) in [5.41, 5.74) is -0.169. The van der Waals surface area contributed by atoms with Crippen molar-refractivity contribution < 1.29 is 9.84 Å². The van der Waals surface area contributed by atoms with Crippen molar-refractivity contribution >= 4 is 5.90 Å². The molecule has 1 aliphatic rings. The van der Waals surface area contributed by atoms with Gasteiger partial charge in [0.1, 0.15) is 6.10 Å². The molecule has 1 aliphatic heterocycles. The summed E-state index contributed by atoms with van der Waals surface area (Å²) < 4.78 is 5.65. The number of aliphatic hydroxyl groups is 1. The Hall–Kier alpha value is -0.610. The molecule has 3 atom stereocenters. The van der Waals surface area contributed by atoms with Gasteiger partial charge in [-0.05, 0) is 32.2 Å². The Kier molecular flexibility index (Phi) is 14.2. The summed E-state index contributed by atoms with van der Waals surface area (Å²) in [6.07, 6.45) is 11.9. The molecule has 0 radical (unpaired) electrons. The van der Waals surface area contributed by atoms with Crippen LogP contribution in [0.1, 0.15) is 98.8 Å². The summed E-state index contributed by atoms with van der Waals surface area (Å²) in [4.78, 5) is 0. The average molecular weight is 357 g/mol. The molecule has 4 heteroatoms. The molecule has 0 aliphatic carbocycles. The number of hydrogen-bond donors (Lipinski definition) is 3. The minimum atomic E-state index is -0.232. The summed E-state index contributed by atoms with van der Waals surface area (Å²) in [5.74, 6) is 0.359. The fourth-order valence-electron chi connectivity index (χ4n) is 3.62. The maximum Gasteiger partial charge on any atom is 0.188 e. The summed E-state index contributed by atoms with van der Waals surface area (Å²) in [6, 6.07) is 0.330. The second kappa shape index (κ2) is 14.5. The number of nitrogens with one attached hydrogen (secondary N) is 2. The molecular weight excluding hydrogens is 312 g/mol. The molecule has 1 rings (SSSR count). The van der Waals surface area contributed by atoms with Gasteiger partial charge in [0.05, 0.1) is 12.0 Å². The van der Waals surface area contributed by atoms with Gasteiger partial charge in [-0.15, -0.1) is 0 Å². The maximum absolute atomic E-state index is 9.16. The first kappa shape index (κ1) is 24.4. The monoisotopic (exact) mass is 356 g/mol. The lowest BCUT2D eigenvalue weighted by atomic mass is 9.76. The summed E-state index contributed by atoms with van der Waals surface area (Å²) in [6.45, 7) is 11.7. The maximum atomic E-state index is 9.16. The van der Waals surface area contributed by atoms with Crippen molar-refractivity contribution in [1.82, 2.24) is 5.32 Å². The lowest BCUT2D eigenvalue weighted by Crippen LogP contribution is -2.44. The van der Waals surface area contributed by atoms with Crippen molar-refractivity contribution in [2.24, 2.45) is 5.41 Å². The highest BCUT2D eigenvalue weighted by atomic mass is 16.5. The molecule has 4 nitrogen and oxygen atoms in total. The fraction of sp³-hybridized carbons (Fsp3) is 0.952. The van der Waals surface area contributed by atoms with Crippen molar-refractivity contribution in [2.75, 3.05) is 13.2 Å². The van der Waals surface area contributed by atoms with E-state index in [-0.39, 0.29) is 18.1 Å². The van der Waals surface area contributed by atoms with Crippen LogP contribution in [0.4, 0.5) is 0 Å². The summed E-state index contributed by atoms with van der Waals surface area (Å²) in [7, 11) is 0. The molecule has 0 aromatic heterocycles. The first-order valence-electron chi connectivity index (χ1n) is 10.7. The molecule has 0 amide bonds. The molecule has 0 spiro atoms. The van der Waals surface area contributed by atoms with Gasteiger partial charge >= 0.3 is 0 Å². The molecule has 25 heavy (non-hydrogen) atoms. The van der Waals surface area contributed by atoms with Gasteiger partial charge in [-0.3, -0.25) is 5.41 Å². The zero-order chi connectivity index (χ0) is 19.1. The molecule has 2 unspecified atom stereocenters. The van der Waals surface area contributed by atoms with Gasteiger partial charge in [0.2, 0.25) is 0 Å². The quantitative estimate of drug-likeness (QED) is 0.268. The largest absolute Gasteiger partial charge is 0.475 e. The molecule has 1 heterocycles. The van der Waals surface area contributed by atoms with Gasteiger partial charge in [-0.1, -0.05) is 73.1 Å². The summed E-state index contributed by atoms with van der Waals surface area (Å²) >= 11 is 0. The molecule has 0 aromatic carbocycles. The third-order valence-corrected chi connectivity index (χ3v) is 5.52. The molecule has 1 fully saturated rings. The van der Waals surface area contributed by atoms with E-state index in [0.29, 0.717) is 11.9 Å². The topological polar surface area (TPSA) is 65.3 Å². The summed E-state index contributed by atoms with van der Waals surface area (Å²) in [5, 5.41) is 20.8. The van der Waals surface area contributed by atoms with Crippen molar-refractivity contribution in [1.29, 1.82) is 5.41 Å². The van der Waals surface area contributed by atoms with Crippen LogP contribution in [0, 0.1) is 10.8 Å². The van der Waals surface area contributed by atoms with Crippen molar-refractivity contribution in [3.8, 4) is 0 Å². The van der Waals surface area contributed by atoms with Crippen LogP contribution in [0.15, 0.2) is 0 Å². The van der Waals surface area contributed by atoms with Crippen LogP contribution in [0.3, 0.4) is 0 Å². The third-order valence-electron chi connectivity index (χ3n) is 5.52. The fourth-order valence-corrected chi connectivity index (χ4v) is 3.62. The SMILES string of the molecule is CCC(CO)OC(=N)[C@@]1(CC)CCNC1CC.CCCCCCCC. The van der Waals surface area contributed by atoms with Crippen LogP contribution >= 0.6 is 0 Å². The predicted octanol–water partition coefficient (Wildman–Crippen LogP) is 5.29. The van der Waals surface area contributed by atoms with E-state index >= 15 is 0 Å². The Balaban J connectivity index is 0.000000609. The number of ether oxygens (including phenoxy) is 1. The molecule has 0 bridgehead atoms. The minimum Gasteiger partial charge on any atom is -0.475 e. The van der Waals surface area contributed by atoms with E-state index in [1.54, 1.807) is 0 Å². The number of hydrogen-bond acceptors (Lipinski definition) is 4. The normalized spacial score (nSPS) is 23.7. The van der Waals surface area contributed by atoms with Crippen LogP contribution in [-0.2, 0) is 4.74 Å². The Morgan fingerprint density at radius 1 is 1.12 bits per heavy atom. The molecule has 0 aromatic rings. The lowest BCUT2D eigenvalue weighted by molar-refractivity contribution is 0.0807. The number of aliphatic hydroxyl groups excluding tert-OH is 1. The van der Waals surface area contributed by atoms with Crippen molar-refractivity contribution in [3.05, 3.63) is 0 Å². The van der Waals surface area contributed by atoms with Crippen LogP contribution in [-0.4, -0.2) is 36.3 Å². The zero-order valence-corrected chi connectivity index (χ0v) is 17.5. The van der Waals surface area contributed by atoms with Gasteiger partial charge in [0.25, 0.3) is 0 Å². The van der Waals surface area contributed by atoms with Crippen molar-refractivity contribution in [3.63, 3.8) is 0 Å². The standard InChI is InChI=1S/C13H26N2O2.C8H18/c1-4-10(9-16)17-12(14)13(6-3)7-8-15-11(13)5-2;1-3-5-7-8-6-4-2/h10-11,14-16H,4-9H2,1-3H3;3-8H2,1-2H3/t10?,11?,13-;/m0./s1. The molecular formula is C21H44N2O2. The minimum absolute atomic E-state index is 0.0110. The van der Waals surface area contributed by atoms with E-state index in [1.807, 2.05) is 6.92 Å². The second-order valence-electron chi connectivity index (χ2n) is 7.25. The number of unbranched alkanes of at least 4 members (excludes halogenated alkanes) is 5. The third kappa shape index (κ3) is 8.08. The lowest BCUT2D eigenvalue weighted by Gasteiger charge is -2.35. The van der Waals surface area contributed by atoms with Crippen LogP contribution in [0.2, 0.25) is 0 Å². The Morgan fingerprint density at radius 2 is 1.72 bits per heavy atom. The Bertz CT molecular complexity index is 326. The van der Waals surface area contributed by atoms with Crippen molar-refractivity contribution in [2.45, 2.75) is 111 Å². The van der Waals surface area contributed by atoms with E-state index in [9.17, 15) is 0 Å². The number of rotatable bonds is 11.